The zero-order valence-electron chi connectivity index (χ0n) is 16.7. The van der Waals surface area contributed by atoms with Crippen LogP contribution in [0.5, 0.6) is 5.75 Å². The lowest BCUT2D eigenvalue weighted by molar-refractivity contribution is -0.134. The smallest absolute Gasteiger partial charge is 0.229 e. The molecule has 28 heavy (non-hydrogen) atoms. The van der Waals surface area contributed by atoms with Gasteiger partial charge in [-0.3, -0.25) is 4.79 Å². The molecule has 1 amide bonds. The van der Waals surface area contributed by atoms with Gasteiger partial charge in [-0.1, -0.05) is 12.8 Å². The molecule has 0 saturated heterocycles. The maximum absolute atomic E-state index is 12.8. The van der Waals surface area contributed by atoms with Crippen LogP contribution in [0.25, 0.3) is 5.57 Å². The van der Waals surface area contributed by atoms with Gasteiger partial charge in [0.05, 0.1) is 11.5 Å². The van der Waals surface area contributed by atoms with Gasteiger partial charge in [0, 0.05) is 31.0 Å². The lowest BCUT2D eigenvalue weighted by Crippen LogP contribution is -2.33. The first-order chi connectivity index (χ1) is 13.3. The average molecular weight is 404 g/mol. The molecule has 0 radical (unpaired) electrons. The first kappa shape index (κ1) is 19.5. The van der Waals surface area contributed by atoms with Crippen LogP contribution in [0.15, 0.2) is 29.3 Å². The zero-order valence-corrected chi connectivity index (χ0v) is 17.5. The average Bonchev–Trinajstić information content (AvgIpc) is 3.49. The van der Waals surface area contributed by atoms with Gasteiger partial charge in [-0.2, -0.15) is 0 Å². The molecule has 0 N–H and O–H groups in total. The second kappa shape index (κ2) is 7.54. The van der Waals surface area contributed by atoms with Gasteiger partial charge in [0.2, 0.25) is 5.91 Å². The number of fused-ring (bicyclic) bond motifs is 1. The number of nitrogens with zero attached hydrogens (tertiary/aromatic N) is 1. The first-order valence-corrected chi connectivity index (χ1v) is 12.2. The Morgan fingerprint density at radius 3 is 2.61 bits per heavy atom. The van der Waals surface area contributed by atoms with E-state index in [-0.39, 0.29) is 11.8 Å². The van der Waals surface area contributed by atoms with Gasteiger partial charge >= 0.3 is 0 Å². The third-order valence-electron chi connectivity index (χ3n) is 6.30. The molecule has 1 aromatic rings. The monoisotopic (exact) mass is 403 g/mol. The molecule has 1 aliphatic heterocycles. The Balaban J connectivity index is 1.73. The van der Waals surface area contributed by atoms with Crippen LogP contribution in [0.4, 0.5) is 0 Å². The number of hydrogen-bond acceptors (Lipinski definition) is 4. The summed E-state index contributed by atoms with van der Waals surface area (Å²) in [6.07, 6.45) is 10.6. The van der Waals surface area contributed by atoms with E-state index in [1.54, 1.807) is 23.1 Å². The highest BCUT2D eigenvalue weighted by Crippen LogP contribution is 2.42. The van der Waals surface area contributed by atoms with Crippen LogP contribution in [-0.2, 0) is 14.6 Å². The van der Waals surface area contributed by atoms with Crippen LogP contribution in [0.1, 0.15) is 50.5 Å². The van der Waals surface area contributed by atoms with E-state index in [9.17, 15) is 13.2 Å². The Morgan fingerprint density at radius 1 is 1.14 bits per heavy atom. The molecular weight excluding hydrogens is 374 g/mol. The fraction of sp³-hybridized carbons (Fsp3) is 0.591. The summed E-state index contributed by atoms with van der Waals surface area (Å²) >= 11 is 0. The highest BCUT2D eigenvalue weighted by Gasteiger charge is 2.36. The van der Waals surface area contributed by atoms with Gasteiger partial charge in [-0.25, -0.2) is 8.42 Å². The molecule has 1 aromatic carbocycles. The summed E-state index contributed by atoms with van der Waals surface area (Å²) in [6, 6.07) is 5.13. The normalized spacial score (nSPS) is 25.7. The summed E-state index contributed by atoms with van der Waals surface area (Å²) < 4.78 is 30.4. The number of benzene rings is 1. The molecule has 1 heterocycles. The summed E-state index contributed by atoms with van der Waals surface area (Å²) in [4.78, 5) is 14.8. The molecular formula is C22H29NO4S. The number of rotatable bonds is 5. The van der Waals surface area contributed by atoms with Crippen LogP contribution in [-0.4, -0.2) is 39.1 Å². The number of amides is 1. The molecule has 3 aliphatic rings. The van der Waals surface area contributed by atoms with E-state index in [1.807, 2.05) is 13.2 Å². The molecule has 2 atom stereocenters. The predicted molar refractivity (Wildman–Crippen MR) is 109 cm³/mol. The molecule has 6 heteroatoms. The van der Waals surface area contributed by atoms with Crippen LogP contribution in [0.3, 0.4) is 0 Å². The minimum atomic E-state index is -3.32. The molecule has 1 unspecified atom stereocenters. The van der Waals surface area contributed by atoms with Gasteiger partial charge < -0.3 is 9.64 Å². The molecule has 2 fully saturated rings. The second-order valence-corrected chi connectivity index (χ2v) is 10.7. The van der Waals surface area contributed by atoms with E-state index in [0.29, 0.717) is 23.3 Å². The number of hydrogen-bond donors (Lipinski definition) is 0. The van der Waals surface area contributed by atoms with Crippen molar-refractivity contribution in [2.75, 3.05) is 19.9 Å². The highest BCUT2D eigenvalue weighted by atomic mass is 32.2. The number of allylic oxidation sites excluding steroid dienone is 1. The maximum atomic E-state index is 12.8. The molecule has 0 spiro atoms. The van der Waals surface area contributed by atoms with E-state index in [1.165, 1.54) is 19.1 Å². The summed E-state index contributed by atoms with van der Waals surface area (Å²) in [5.74, 6) is 1.90. The second-order valence-electron chi connectivity index (χ2n) is 8.64. The fourth-order valence-electron chi connectivity index (χ4n) is 4.46. The summed E-state index contributed by atoms with van der Waals surface area (Å²) in [6.45, 7) is 0.666. The highest BCUT2D eigenvalue weighted by molar-refractivity contribution is 7.90. The molecule has 0 bridgehead atoms. The van der Waals surface area contributed by atoms with E-state index < -0.39 is 9.84 Å². The zero-order chi connectivity index (χ0) is 19.9. The molecule has 0 aromatic heterocycles. The van der Waals surface area contributed by atoms with E-state index in [0.717, 1.165) is 49.0 Å². The van der Waals surface area contributed by atoms with Crippen molar-refractivity contribution in [3.05, 3.63) is 30.0 Å². The summed E-state index contributed by atoms with van der Waals surface area (Å²) in [5, 5.41) is 0. The predicted octanol–water partition coefficient (Wildman–Crippen LogP) is 3.89. The third-order valence-corrected chi connectivity index (χ3v) is 7.41. The van der Waals surface area contributed by atoms with Crippen molar-refractivity contribution in [2.24, 2.45) is 17.8 Å². The Kier molecular flexibility index (Phi) is 5.25. The van der Waals surface area contributed by atoms with Gasteiger partial charge in [0.25, 0.3) is 0 Å². The minimum Gasteiger partial charge on any atom is -0.493 e. The van der Waals surface area contributed by atoms with Crippen molar-refractivity contribution >= 4 is 21.3 Å². The van der Waals surface area contributed by atoms with Gasteiger partial charge in [-0.05, 0) is 67.7 Å². The first-order valence-electron chi connectivity index (χ1n) is 10.3. The van der Waals surface area contributed by atoms with Gasteiger partial charge in [-0.15, -0.1) is 0 Å². The van der Waals surface area contributed by atoms with Crippen molar-refractivity contribution in [3.8, 4) is 5.75 Å². The molecule has 5 nitrogen and oxygen atoms in total. The molecule has 2 aliphatic carbocycles. The van der Waals surface area contributed by atoms with Crippen molar-refractivity contribution in [2.45, 2.75) is 49.8 Å². The Labute approximate surface area is 167 Å². The topological polar surface area (TPSA) is 63.7 Å². The van der Waals surface area contributed by atoms with Crippen LogP contribution < -0.4 is 4.74 Å². The number of sulfone groups is 1. The molecule has 2 saturated carbocycles. The Hall–Kier alpha value is -1.82. The van der Waals surface area contributed by atoms with Crippen molar-refractivity contribution in [3.63, 3.8) is 0 Å². The fourth-order valence-corrected chi connectivity index (χ4v) is 5.11. The van der Waals surface area contributed by atoms with Crippen LogP contribution in [0.2, 0.25) is 0 Å². The maximum Gasteiger partial charge on any atom is 0.229 e. The van der Waals surface area contributed by atoms with Gasteiger partial charge in [0.1, 0.15) is 5.75 Å². The van der Waals surface area contributed by atoms with Crippen molar-refractivity contribution in [1.29, 1.82) is 0 Å². The quantitative estimate of drug-likeness (QED) is 0.748. The standard InChI is InChI=1S/C22H29NO4S/c1-23-13-17(11-16-5-3-4-6-19(16)22(23)24)20-12-18(28(2,25)26)9-10-21(20)27-14-15-7-8-15/h9-10,12-13,15-16,19H,3-8,11,14H2,1-2H3/t16-,19?/m0/s1. The van der Waals surface area contributed by atoms with E-state index >= 15 is 0 Å². The lowest BCUT2D eigenvalue weighted by atomic mass is 9.75. The summed E-state index contributed by atoms with van der Waals surface area (Å²) in [5.41, 5.74) is 1.82. The number of ether oxygens (including phenoxy) is 1. The van der Waals surface area contributed by atoms with Crippen molar-refractivity contribution < 1.29 is 17.9 Å². The van der Waals surface area contributed by atoms with Crippen LogP contribution >= 0.6 is 0 Å². The minimum absolute atomic E-state index is 0.0708. The van der Waals surface area contributed by atoms with Crippen LogP contribution in [0, 0.1) is 17.8 Å². The molecule has 152 valence electrons. The Morgan fingerprint density at radius 2 is 1.89 bits per heavy atom. The number of carbonyl (C=O) groups excluding carboxylic acids is 1. The lowest BCUT2D eigenvalue weighted by Gasteiger charge is -2.30. The SMILES string of the molecule is CN1C=C(c2cc(S(C)(=O)=O)ccc2OCC2CC2)C[C@@H]2CCCCC2C1=O. The van der Waals surface area contributed by atoms with E-state index in [4.69, 9.17) is 4.74 Å². The van der Waals surface area contributed by atoms with E-state index in [2.05, 4.69) is 0 Å². The Bertz CT molecular complexity index is 901. The van der Waals surface area contributed by atoms with Crippen molar-refractivity contribution in [1.82, 2.24) is 4.90 Å². The largest absolute Gasteiger partial charge is 0.493 e. The van der Waals surface area contributed by atoms with Gasteiger partial charge in [0.15, 0.2) is 9.84 Å². The summed E-state index contributed by atoms with van der Waals surface area (Å²) in [7, 11) is -1.51. The molecule has 4 rings (SSSR count). The number of carbonyl (C=O) groups is 1. The third kappa shape index (κ3) is 4.12.